The Morgan fingerprint density at radius 3 is 2.08 bits per heavy atom. The summed E-state index contributed by atoms with van der Waals surface area (Å²) in [7, 11) is 0. The molecule has 2 rings (SSSR count). The van der Waals surface area contributed by atoms with E-state index in [0.29, 0.717) is 5.56 Å². The molecule has 0 amide bonds. The predicted octanol–water partition coefficient (Wildman–Crippen LogP) is 3.51. The minimum absolute atomic E-state index is 0.206. The molecule has 0 aliphatic rings. The summed E-state index contributed by atoms with van der Waals surface area (Å²) >= 11 is 0. The summed E-state index contributed by atoms with van der Waals surface area (Å²) in [5, 5.41) is 9.22. The van der Waals surface area contributed by atoms with E-state index in [1.54, 1.807) is 19.9 Å². The van der Waals surface area contributed by atoms with Gasteiger partial charge in [-0.15, -0.1) is 0 Å². The van der Waals surface area contributed by atoms with Crippen molar-refractivity contribution in [1.29, 1.82) is 5.26 Å². The zero-order chi connectivity index (χ0) is 18.9. The maximum absolute atomic E-state index is 12.1. The smallest absolute Gasteiger partial charge is 0.320 e. The third-order valence-electron chi connectivity index (χ3n) is 3.89. The quantitative estimate of drug-likeness (QED) is 0.563. The van der Waals surface area contributed by atoms with Crippen LogP contribution in [0.4, 0.5) is 0 Å². The maximum atomic E-state index is 12.1. The van der Waals surface area contributed by atoms with E-state index in [1.165, 1.54) is 0 Å². The zero-order valence-corrected chi connectivity index (χ0v) is 14.9. The van der Waals surface area contributed by atoms with Crippen LogP contribution in [0.1, 0.15) is 25.0 Å². The van der Waals surface area contributed by atoms with Crippen LogP contribution >= 0.6 is 0 Å². The molecule has 0 N–H and O–H groups in total. The van der Waals surface area contributed by atoms with E-state index >= 15 is 0 Å². The molecular formula is C21H21NO4. The van der Waals surface area contributed by atoms with Gasteiger partial charge < -0.3 is 9.47 Å². The first kappa shape index (κ1) is 19.2. The van der Waals surface area contributed by atoms with Crippen LogP contribution in [0, 0.1) is 17.2 Å². The molecule has 0 spiro atoms. The van der Waals surface area contributed by atoms with Crippen LogP contribution in [0.15, 0.2) is 48.5 Å². The highest BCUT2D eigenvalue weighted by atomic mass is 16.6. The lowest BCUT2D eigenvalue weighted by Gasteiger charge is -2.14. The maximum Gasteiger partial charge on any atom is 0.320 e. The lowest BCUT2D eigenvalue weighted by Crippen LogP contribution is -2.30. The third-order valence-corrected chi connectivity index (χ3v) is 3.89. The van der Waals surface area contributed by atoms with Gasteiger partial charge in [0.1, 0.15) is 0 Å². The Morgan fingerprint density at radius 2 is 1.54 bits per heavy atom. The molecule has 0 heterocycles. The largest absolute Gasteiger partial charge is 0.465 e. The number of carbonyl (C=O) groups is 2. The van der Waals surface area contributed by atoms with Gasteiger partial charge in [0.2, 0.25) is 0 Å². The molecule has 2 aromatic carbocycles. The van der Waals surface area contributed by atoms with Crippen LogP contribution in [0.3, 0.4) is 0 Å². The second kappa shape index (κ2) is 9.38. The van der Waals surface area contributed by atoms with Crippen molar-refractivity contribution in [3.8, 4) is 17.2 Å². The number of benzene rings is 2. The van der Waals surface area contributed by atoms with Crippen molar-refractivity contribution < 1.29 is 19.1 Å². The molecule has 0 atom stereocenters. The second-order valence-corrected chi connectivity index (χ2v) is 5.62. The van der Waals surface area contributed by atoms with Gasteiger partial charge in [0.15, 0.2) is 5.92 Å². The molecule has 0 aromatic heterocycles. The number of ether oxygens (including phenoxy) is 2. The average molecular weight is 351 g/mol. The number of nitrogens with zero attached hydrogens (tertiary/aromatic N) is 1. The van der Waals surface area contributed by atoms with Gasteiger partial charge in [-0.2, -0.15) is 5.26 Å². The standard InChI is InChI=1S/C21H21NO4/c1-3-25-20(23)19(21(24)26-4-2)13-15-9-11-16(12-10-15)18-8-6-5-7-17(18)14-22/h5-12,19H,3-4,13H2,1-2H3. The van der Waals surface area contributed by atoms with Gasteiger partial charge in [0, 0.05) is 0 Å². The average Bonchev–Trinajstić information content (AvgIpc) is 2.67. The molecule has 26 heavy (non-hydrogen) atoms. The highest BCUT2D eigenvalue weighted by Crippen LogP contribution is 2.24. The molecule has 0 saturated heterocycles. The SMILES string of the molecule is CCOC(=O)C(Cc1ccc(-c2ccccc2C#N)cc1)C(=O)OCC. The van der Waals surface area contributed by atoms with E-state index in [2.05, 4.69) is 6.07 Å². The van der Waals surface area contributed by atoms with E-state index in [0.717, 1.165) is 16.7 Å². The first-order valence-electron chi connectivity index (χ1n) is 8.52. The van der Waals surface area contributed by atoms with Crippen LogP contribution in [0.5, 0.6) is 0 Å². The molecule has 0 aliphatic heterocycles. The minimum Gasteiger partial charge on any atom is -0.465 e. The first-order valence-corrected chi connectivity index (χ1v) is 8.52. The molecule has 0 saturated carbocycles. The summed E-state index contributed by atoms with van der Waals surface area (Å²) in [4.78, 5) is 24.2. The van der Waals surface area contributed by atoms with Crippen molar-refractivity contribution in [1.82, 2.24) is 0 Å². The highest BCUT2D eigenvalue weighted by molar-refractivity contribution is 5.95. The van der Waals surface area contributed by atoms with Crippen molar-refractivity contribution >= 4 is 11.9 Å². The van der Waals surface area contributed by atoms with Gasteiger partial charge in [-0.05, 0) is 43.0 Å². The lowest BCUT2D eigenvalue weighted by atomic mass is 9.95. The monoisotopic (exact) mass is 351 g/mol. The Bertz CT molecular complexity index is 788. The van der Waals surface area contributed by atoms with E-state index in [-0.39, 0.29) is 19.6 Å². The number of nitriles is 1. The summed E-state index contributed by atoms with van der Waals surface area (Å²) in [6, 6.07) is 17.0. The summed E-state index contributed by atoms with van der Waals surface area (Å²) in [5.41, 5.74) is 3.15. The van der Waals surface area contributed by atoms with Gasteiger partial charge in [0.05, 0.1) is 24.8 Å². The summed E-state index contributed by atoms with van der Waals surface area (Å²) in [6.07, 6.45) is 0.206. The van der Waals surface area contributed by atoms with Gasteiger partial charge in [-0.1, -0.05) is 42.5 Å². The summed E-state index contributed by atoms with van der Waals surface area (Å²) in [6.45, 7) is 3.81. The molecule has 5 nitrogen and oxygen atoms in total. The second-order valence-electron chi connectivity index (χ2n) is 5.62. The van der Waals surface area contributed by atoms with E-state index in [4.69, 9.17) is 9.47 Å². The van der Waals surface area contributed by atoms with Crippen molar-refractivity contribution in [2.45, 2.75) is 20.3 Å². The lowest BCUT2D eigenvalue weighted by molar-refractivity contribution is -0.161. The fourth-order valence-electron chi connectivity index (χ4n) is 2.64. The Balaban J connectivity index is 2.21. The van der Waals surface area contributed by atoms with E-state index in [1.807, 2.05) is 42.5 Å². The predicted molar refractivity (Wildman–Crippen MR) is 97.1 cm³/mol. The number of rotatable bonds is 7. The van der Waals surface area contributed by atoms with Gasteiger partial charge in [-0.3, -0.25) is 9.59 Å². The van der Waals surface area contributed by atoms with E-state index in [9.17, 15) is 14.9 Å². The summed E-state index contributed by atoms with van der Waals surface area (Å²) in [5.74, 6) is -2.14. The topological polar surface area (TPSA) is 76.4 Å². The number of carbonyl (C=O) groups excluding carboxylic acids is 2. The normalized spacial score (nSPS) is 10.2. The Kier molecular flexibility index (Phi) is 6.92. The molecule has 0 fully saturated rings. The molecule has 0 bridgehead atoms. The van der Waals surface area contributed by atoms with Crippen molar-refractivity contribution in [3.63, 3.8) is 0 Å². The third kappa shape index (κ3) is 4.70. The molecule has 2 aromatic rings. The molecular weight excluding hydrogens is 330 g/mol. The zero-order valence-electron chi connectivity index (χ0n) is 14.9. The van der Waals surface area contributed by atoms with Crippen LogP contribution in [0.25, 0.3) is 11.1 Å². The highest BCUT2D eigenvalue weighted by Gasteiger charge is 2.29. The fourth-order valence-corrected chi connectivity index (χ4v) is 2.64. The molecule has 5 heteroatoms. The van der Waals surface area contributed by atoms with Crippen LogP contribution in [-0.4, -0.2) is 25.2 Å². The van der Waals surface area contributed by atoms with E-state index < -0.39 is 17.9 Å². The number of hydrogen-bond acceptors (Lipinski definition) is 5. The van der Waals surface area contributed by atoms with Crippen molar-refractivity contribution in [3.05, 3.63) is 59.7 Å². The van der Waals surface area contributed by atoms with Gasteiger partial charge in [-0.25, -0.2) is 0 Å². The Morgan fingerprint density at radius 1 is 0.962 bits per heavy atom. The molecule has 0 radical (unpaired) electrons. The van der Waals surface area contributed by atoms with Crippen molar-refractivity contribution in [2.75, 3.05) is 13.2 Å². The van der Waals surface area contributed by atoms with Gasteiger partial charge in [0.25, 0.3) is 0 Å². The van der Waals surface area contributed by atoms with Gasteiger partial charge >= 0.3 is 11.9 Å². The minimum atomic E-state index is -0.979. The Hall–Kier alpha value is -3.13. The van der Waals surface area contributed by atoms with Crippen molar-refractivity contribution in [2.24, 2.45) is 5.92 Å². The molecule has 0 unspecified atom stereocenters. The summed E-state index contributed by atoms with van der Waals surface area (Å²) < 4.78 is 9.98. The number of hydrogen-bond donors (Lipinski definition) is 0. The molecule has 134 valence electrons. The van der Waals surface area contributed by atoms with Crippen LogP contribution in [-0.2, 0) is 25.5 Å². The van der Waals surface area contributed by atoms with Crippen LogP contribution in [0.2, 0.25) is 0 Å². The first-order chi connectivity index (χ1) is 12.6. The number of esters is 2. The van der Waals surface area contributed by atoms with Crippen LogP contribution < -0.4 is 0 Å². The fraction of sp³-hybridized carbons (Fsp3) is 0.286. The molecule has 0 aliphatic carbocycles. The Labute approximate surface area is 153 Å².